The maximum Gasteiger partial charge on any atom is 0.0634 e. The highest BCUT2D eigenvalue weighted by Gasteiger charge is 2.31. The van der Waals surface area contributed by atoms with Gasteiger partial charge < -0.3 is 4.74 Å². The summed E-state index contributed by atoms with van der Waals surface area (Å²) < 4.78 is 7.77. The van der Waals surface area contributed by atoms with Gasteiger partial charge in [-0.2, -0.15) is 5.10 Å². The number of fused-ring (bicyclic) bond motifs is 3. The van der Waals surface area contributed by atoms with Crippen LogP contribution in [-0.2, 0) is 17.8 Å². The van der Waals surface area contributed by atoms with Gasteiger partial charge in [0.15, 0.2) is 0 Å². The van der Waals surface area contributed by atoms with Gasteiger partial charge in [-0.05, 0) is 14.0 Å². The molecule has 2 saturated heterocycles. The Morgan fingerprint density at radius 3 is 3.00 bits per heavy atom. The molecule has 0 aliphatic carbocycles. The summed E-state index contributed by atoms with van der Waals surface area (Å²) in [6, 6.07) is 0.536. The van der Waals surface area contributed by atoms with E-state index in [1.807, 2.05) is 10.9 Å². The molecule has 0 amide bonds. The summed E-state index contributed by atoms with van der Waals surface area (Å²) in [5.74, 6) is 0.638. The van der Waals surface area contributed by atoms with Gasteiger partial charge in [-0.1, -0.05) is 0 Å². The van der Waals surface area contributed by atoms with Crippen molar-refractivity contribution in [3.8, 4) is 0 Å². The summed E-state index contributed by atoms with van der Waals surface area (Å²) in [4.78, 5) is 5.03. The number of likely N-dealkylation sites (N-methyl/N-ethyl adjacent to an activating group) is 1. The normalized spacial score (nSPS) is 29.4. The molecule has 5 heteroatoms. The number of rotatable bonds is 3. The minimum atomic E-state index is 0.536. The van der Waals surface area contributed by atoms with E-state index in [0.29, 0.717) is 12.0 Å². The van der Waals surface area contributed by atoms with E-state index in [2.05, 4.69) is 35.1 Å². The van der Waals surface area contributed by atoms with E-state index in [9.17, 15) is 0 Å². The van der Waals surface area contributed by atoms with Crippen molar-refractivity contribution in [2.75, 3.05) is 39.9 Å². The lowest BCUT2D eigenvalue weighted by molar-refractivity contribution is 0.0516. The van der Waals surface area contributed by atoms with Crippen LogP contribution in [0.3, 0.4) is 0 Å². The fourth-order valence-electron chi connectivity index (χ4n) is 3.20. The van der Waals surface area contributed by atoms with Crippen molar-refractivity contribution in [1.29, 1.82) is 0 Å². The van der Waals surface area contributed by atoms with Gasteiger partial charge in [0.1, 0.15) is 0 Å². The molecule has 2 atom stereocenters. The van der Waals surface area contributed by atoms with Crippen molar-refractivity contribution >= 4 is 0 Å². The lowest BCUT2D eigenvalue weighted by Gasteiger charge is -2.29. The summed E-state index contributed by atoms with van der Waals surface area (Å²) >= 11 is 0. The summed E-state index contributed by atoms with van der Waals surface area (Å²) in [5, 5.41) is 4.37. The van der Waals surface area contributed by atoms with Gasteiger partial charge in [-0.15, -0.1) is 0 Å². The summed E-state index contributed by atoms with van der Waals surface area (Å²) in [6.45, 7) is 9.27. The van der Waals surface area contributed by atoms with Crippen LogP contribution < -0.4 is 0 Å². The minimum absolute atomic E-state index is 0.536. The van der Waals surface area contributed by atoms with Crippen LogP contribution >= 0.6 is 0 Å². The lowest BCUT2D eigenvalue weighted by Crippen LogP contribution is -2.41. The summed E-state index contributed by atoms with van der Waals surface area (Å²) in [7, 11) is 2.23. The molecule has 19 heavy (non-hydrogen) atoms. The topological polar surface area (TPSA) is 33.5 Å². The molecule has 2 fully saturated rings. The zero-order chi connectivity index (χ0) is 13.2. The second-order valence-electron chi connectivity index (χ2n) is 5.90. The molecule has 106 valence electrons. The van der Waals surface area contributed by atoms with Gasteiger partial charge in [0, 0.05) is 56.4 Å². The molecule has 0 aromatic carbocycles. The first kappa shape index (κ1) is 13.1. The van der Waals surface area contributed by atoms with Crippen molar-refractivity contribution in [1.82, 2.24) is 19.6 Å². The second kappa shape index (κ2) is 5.61. The number of hydrogen-bond donors (Lipinski definition) is 0. The van der Waals surface area contributed by atoms with E-state index < -0.39 is 0 Å². The van der Waals surface area contributed by atoms with Crippen LogP contribution in [0.15, 0.2) is 12.4 Å². The number of aryl methyl sites for hydroxylation is 1. The molecule has 3 rings (SSSR count). The third-order valence-corrected chi connectivity index (χ3v) is 4.24. The van der Waals surface area contributed by atoms with Gasteiger partial charge in [-0.25, -0.2) is 0 Å². The molecule has 0 radical (unpaired) electrons. The predicted octanol–water partition coefficient (Wildman–Crippen LogP) is 0.665. The molecular weight excluding hydrogens is 240 g/mol. The van der Waals surface area contributed by atoms with E-state index in [0.717, 1.165) is 45.9 Å². The van der Waals surface area contributed by atoms with Crippen LogP contribution in [-0.4, -0.2) is 65.5 Å². The maximum absolute atomic E-state index is 5.77. The Kier molecular flexibility index (Phi) is 3.86. The van der Waals surface area contributed by atoms with Crippen molar-refractivity contribution in [2.24, 2.45) is 5.92 Å². The van der Waals surface area contributed by atoms with Gasteiger partial charge in [0.25, 0.3) is 0 Å². The van der Waals surface area contributed by atoms with Crippen molar-refractivity contribution < 1.29 is 4.74 Å². The molecule has 0 spiro atoms. The SMILES string of the molecule is CCn1cc(CN2C[C@@H]3COC[C@H](C2)N(C)C3)cn1. The summed E-state index contributed by atoms with van der Waals surface area (Å²) in [5.41, 5.74) is 1.32. The maximum atomic E-state index is 5.77. The molecule has 1 aromatic heterocycles. The van der Waals surface area contributed by atoms with E-state index in [4.69, 9.17) is 4.74 Å². The molecule has 5 nitrogen and oxygen atoms in total. The zero-order valence-electron chi connectivity index (χ0n) is 12.0. The first-order valence-electron chi connectivity index (χ1n) is 7.26. The molecule has 3 heterocycles. The number of hydrogen-bond acceptors (Lipinski definition) is 4. The average molecular weight is 264 g/mol. The molecule has 0 N–H and O–H groups in total. The van der Waals surface area contributed by atoms with E-state index in [1.54, 1.807) is 0 Å². The molecule has 2 aliphatic rings. The Bertz CT molecular complexity index is 419. The van der Waals surface area contributed by atoms with Crippen LogP contribution in [0.4, 0.5) is 0 Å². The lowest BCUT2D eigenvalue weighted by atomic mass is 10.1. The Hall–Kier alpha value is -0.910. The Morgan fingerprint density at radius 1 is 1.32 bits per heavy atom. The Morgan fingerprint density at radius 2 is 2.21 bits per heavy atom. The fourth-order valence-corrected chi connectivity index (χ4v) is 3.20. The highest BCUT2D eigenvalue weighted by Crippen LogP contribution is 2.19. The highest BCUT2D eigenvalue weighted by molar-refractivity contribution is 5.04. The minimum Gasteiger partial charge on any atom is -0.379 e. The predicted molar refractivity (Wildman–Crippen MR) is 73.9 cm³/mol. The Balaban J connectivity index is 1.68. The van der Waals surface area contributed by atoms with Crippen LogP contribution in [0.2, 0.25) is 0 Å². The molecule has 2 bridgehead atoms. The van der Waals surface area contributed by atoms with E-state index in [1.165, 1.54) is 5.56 Å². The number of ether oxygens (including phenoxy) is 1. The molecule has 0 unspecified atom stereocenters. The third kappa shape index (κ3) is 2.99. The second-order valence-corrected chi connectivity index (χ2v) is 5.90. The first-order valence-corrected chi connectivity index (χ1v) is 7.26. The fraction of sp³-hybridized carbons (Fsp3) is 0.786. The largest absolute Gasteiger partial charge is 0.379 e. The van der Waals surface area contributed by atoms with Crippen molar-refractivity contribution in [3.63, 3.8) is 0 Å². The molecule has 1 aromatic rings. The van der Waals surface area contributed by atoms with Crippen LogP contribution in [0.1, 0.15) is 12.5 Å². The number of nitrogens with zero attached hydrogens (tertiary/aromatic N) is 4. The molecule has 0 saturated carbocycles. The first-order chi connectivity index (χ1) is 9.24. The summed E-state index contributed by atoms with van der Waals surface area (Å²) in [6.07, 6.45) is 4.17. The third-order valence-electron chi connectivity index (χ3n) is 4.24. The van der Waals surface area contributed by atoms with Crippen LogP contribution in [0.5, 0.6) is 0 Å². The van der Waals surface area contributed by atoms with Crippen molar-refractivity contribution in [2.45, 2.75) is 26.1 Å². The Labute approximate surface area is 115 Å². The van der Waals surface area contributed by atoms with Gasteiger partial charge in [0.05, 0.1) is 19.4 Å². The average Bonchev–Trinajstić information content (AvgIpc) is 2.68. The monoisotopic (exact) mass is 264 g/mol. The number of aromatic nitrogens is 2. The van der Waals surface area contributed by atoms with E-state index >= 15 is 0 Å². The van der Waals surface area contributed by atoms with E-state index in [-0.39, 0.29) is 0 Å². The zero-order valence-corrected chi connectivity index (χ0v) is 12.0. The van der Waals surface area contributed by atoms with Gasteiger partial charge in [-0.3, -0.25) is 14.5 Å². The van der Waals surface area contributed by atoms with Crippen LogP contribution in [0, 0.1) is 5.92 Å². The molecule has 2 aliphatic heterocycles. The van der Waals surface area contributed by atoms with Gasteiger partial charge in [0.2, 0.25) is 0 Å². The molecular formula is C14H24N4O. The highest BCUT2D eigenvalue weighted by atomic mass is 16.5. The van der Waals surface area contributed by atoms with Crippen LogP contribution in [0.25, 0.3) is 0 Å². The quantitative estimate of drug-likeness (QED) is 0.803. The standard InChI is InChI=1S/C14H24N4O/c1-3-18-8-12(4-15-18)6-17-7-13-5-16(2)14(9-17)11-19-10-13/h4,8,13-14H,3,5-7,9-11H2,1-2H3/t13-,14+/m1/s1. The van der Waals surface area contributed by atoms with Gasteiger partial charge >= 0.3 is 0 Å². The smallest absolute Gasteiger partial charge is 0.0634 e. The van der Waals surface area contributed by atoms with Crippen molar-refractivity contribution in [3.05, 3.63) is 18.0 Å².